The van der Waals surface area contributed by atoms with Crippen LogP contribution < -0.4 is 4.72 Å². The lowest BCUT2D eigenvalue weighted by molar-refractivity contribution is 0.113. The van der Waals surface area contributed by atoms with Crippen molar-refractivity contribution in [1.29, 1.82) is 0 Å². The molecule has 1 atom stereocenters. The molecule has 1 saturated heterocycles. The smallest absolute Gasteiger partial charge is 0.121 e. The lowest BCUT2D eigenvalue weighted by atomic mass is 9.85. The largest absolute Gasteiger partial charge is 0.508 e. The van der Waals surface area contributed by atoms with Crippen molar-refractivity contribution in [2.24, 2.45) is 5.92 Å². The van der Waals surface area contributed by atoms with E-state index in [0.29, 0.717) is 16.0 Å². The molecule has 7 heteroatoms. The first kappa shape index (κ1) is 22.1. The summed E-state index contributed by atoms with van der Waals surface area (Å²) in [6.07, 6.45) is 2.12. The summed E-state index contributed by atoms with van der Waals surface area (Å²) in [5, 5.41) is 11.4. The first-order valence-corrected chi connectivity index (χ1v) is 10.6. The van der Waals surface area contributed by atoms with Crippen LogP contribution in [0.2, 0.25) is 10.0 Å². The van der Waals surface area contributed by atoms with Gasteiger partial charge in [-0.05, 0) is 58.7 Å². The van der Waals surface area contributed by atoms with Gasteiger partial charge < -0.3 is 14.7 Å². The minimum atomic E-state index is 0.0265. The fraction of sp³-hybridized carbons (Fsp3) is 0.684. The van der Waals surface area contributed by atoms with Gasteiger partial charge in [-0.3, -0.25) is 4.72 Å². The monoisotopic (exact) mass is 420 g/mol. The standard InChI is InChI=1S/C19H30Cl2N2O2S/c1-19(2,3)26-22-18(14-11-15(20)16(21)12-17(14)24)13-5-7-23(8-6-13)9-10-25-4/h11-13,18,22,24H,5-10H2,1-4H3. The molecule has 0 radical (unpaired) electrons. The van der Waals surface area contributed by atoms with Gasteiger partial charge in [0.25, 0.3) is 0 Å². The van der Waals surface area contributed by atoms with E-state index in [4.69, 9.17) is 27.9 Å². The summed E-state index contributed by atoms with van der Waals surface area (Å²) in [6.45, 7) is 10.3. The minimum absolute atomic E-state index is 0.0265. The predicted molar refractivity (Wildman–Crippen MR) is 112 cm³/mol. The van der Waals surface area contributed by atoms with E-state index in [0.717, 1.165) is 44.6 Å². The van der Waals surface area contributed by atoms with Crippen LogP contribution in [-0.2, 0) is 4.74 Å². The number of rotatable bonds is 7. The van der Waals surface area contributed by atoms with E-state index in [1.807, 2.05) is 0 Å². The van der Waals surface area contributed by atoms with Crippen molar-refractivity contribution >= 4 is 35.1 Å². The second kappa shape index (κ2) is 9.85. The minimum Gasteiger partial charge on any atom is -0.508 e. The Kier molecular flexibility index (Phi) is 8.38. The van der Waals surface area contributed by atoms with Crippen LogP contribution in [0.15, 0.2) is 12.1 Å². The average molecular weight is 421 g/mol. The van der Waals surface area contributed by atoms with Crippen molar-refractivity contribution in [3.05, 3.63) is 27.7 Å². The summed E-state index contributed by atoms with van der Waals surface area (Å²) in [5.41, 5.74) is 0.825. The molecule has 2 N–H and O–H groups in total. The Morgan fingerprint density at radius 1 is 1.27 bits per heavy atom. The maximum Gasteiger partial charge on any atom is 0.121 e. The van der Waals surface area contributed by atoms with Crippen molar-refractivity contribution in [3.63, 3.8) is 0 Å². The number of phenolic OH excluding ortho intramolecular Hbond substituents is 1. The van der Waals surface area contributed by atoms with Crippen LogP contribution in [0.1, 0.15) is 45.2 Å². The van der Waals surface area contributed by atoms with Crippen LogP contribution in [0.4, 0.5) is 0 Å². The molecule has 0 amide bonds. The zero-order chi connectivity index (χ0) is 19.3. The van der Waals surface area contributed by atoms with Crippen LogP contribution >= 0.6 is 35.1 Å². The van der Waals surface area contributed by atoms with Gasteiger partial charge in [0, 0.05) is 36.1 Å². The third kappa shape index (κ3) is 6.47. The van der Waals surface area contributed by atoms with E-state index in [2.05, 4.69) is 30.4 Å². The zero-order valence-electron chi connectivity index (χ0n) is 16.0. The fourth-order valence-corrected chi connectivity index (χ4v) is 4.31. The van der Waals surface area contributed by atoms with Gasteiger partial charge in [0.05, 0.1) is 16.7 Å². The van der Waals surface area contributed by atoms with Crippen LogP contribution in [-0.4, -0.2) is 48.1 Å². The van der Waals surface area contributed by atoms with E-state index >= 15 is 0 Å². The SMILES string of the molecule is COCCN1CCC(C(NSC(C)(C)C)c2cc(Cl)c(Cl)cc2O)CC1. The molecule has 0 spiro atoms. The van der Waals surface area contributed by atoms with Gasteiger partial charge in [-0.25, -0.2) is 0 Å². The summed E-state index contributed by atoms with van der Waals surface area (Å²) in [6, 6.07) is 3.37. The van der Waals surface area contributed by atoms with Crippen LogP contribution in [0.3, 0.4) is 0 Å². The molecule has 1 aromatic carbocycles. The van der Waals surface area contributed by atoms with Gasteiger partial charge >= 0.3 is 0 Å². The number of nitrogens with one attached hydrogen (secondary N) is 1. The Morgan fingerprint density at radius 2 is 1.88 bits per heavy atom. The number of piperidine rings is 1. The molecule has 0 aliphatic carbocycles. The van der Waals surface area contributed by atoms with E-state index < -0.39 is 0 Å². The van der Waals surface area contributed by atoms with Crippen molar-refractivity contribution in [2.75, 3.05) is 33.4 Å². The number of nitrogens with zero attached hydrogens (tertiary/aromatic N) is 1. The summed E-state index contributed by atoms with van der Waals surface area (Å²) in [4.78, 5) is 2.43. The Bertz CT molecular complexity index is 588. The Hall–Kier alpha value is -0.170. The number of phenols is 1. The Labute approximate surface area is 171 Å². The number of likely N-dealkylation sites (tertiary alicyclic amines) is 1. The topological polar surface area (TPSA) is 44.7 Å². The predicted octanol–water partition coefficient (Wildman–Crippen LogP) is 5.13. The molecular formula is C19H30Cl2N2O2S. The Balaban J connectivity index is 2.16. The van der Waals surface area contributed by atoms with Crippen LogP contribution in [0.5, 0.6) is 5.75 Å². The summed E-state index contributed by atoms with van der Waals surface area (Å²) < 4.78 is 8.86. The molecule has 0 bridgehead atoms. The van der Waals surface area contributed by atoms with Crippen LogP contribution in [0, 0.1) is 5.92 Å². The van der Waals surface area contributed by atoms with E-state index in [1.54, 1.807) is 31.2 Å². The highest BCUT2D eigenvalue weighted by molar-refractivity contribution is 7.98. The molecule has 1 aliphatic rings. The number of ether oxygens (including phenoxy) is 1. The molecule has 26 heavy (non-hydrogen) atoms. The van der Waals surface area contributed by atoms with Gasteiger partial charge in [-0.1, -0.05) is 35.1 Å². The third-order valence-corrected chi connectivity index (χ3v) is 6.32. The number of halogens is 2. The highest BCUT2D eigenvalue weighted by atomic mass is 35.5. The van der Waals surface area contributed by atoms with Gasteiger partial charge in [0.15, 0.2) is 0 Å². The summed E-state index contributed by atoms with van der Waals surface area (Å²) in [5.74, 6) is 0.625. The first-order chi connectivity index (χ1) is 12.2. The Morgan fingerprint density at radius 3 is 2.46 bits per heavy atom. The first-order valence-electron chi connectivity index (χ1n) is 9.04. The molecule has 1 aliphatic heterocycles. The number of aromatic hydroxyl groups is 1. The van der Waals surface area contributed by atoms with Crippen molar-refractivity contribution < 1.29 is 9.84 Å². The quantitative estimate of drug-likeness (QED) is 0.598. The molecule has 2 rings (SSSR count). The lowest BCUT2D eigenvalue weighted by Gasteiger charge is -2.37. The molecule has 148 valence electrons. The molecular weight excluding hydrogens is 391 g/mol. The highest BCUT2D eigenvalue weighted by Crippen LogP contribution is 2.41. The molecule has 1 unspecified atom stereocenters. The number of hydrogen-bond acceptors (Lipinski definition) is 5. The highest BCUT2D eigenvalue weighted by Gasteiger charge is 2.31. The van der Waals surface area contributed by atoms with E-state index in [1.165, 1.54) is 0 Å². The number of hydrogen-bond donors (Lipinski definition) is 2. The number of benzene rings is 1. The van der Waals surface area contributed by atoms with Crippen molar-refractivity contribution in [3.8, 4) is 5.75 Å². The molecule has 1 heterocycles. The van der Waals surface area contributed by atoms with Gasteiger partial charge in [0.1, 0.15) is 5.75 Å². The fourth-order valence-electron chi connectivity index (χ4n) is 3.18. The van der Waals surface area contributed by atoms with Gasteiger partial charge in [0.2, 0.25) is 0 Å². The summed E-state index contributed by atoms with van der Waals surface area (Å²) in [7, 11) is 1.74. The van der Waals surface area contributed by atoms with Gasteiger partial charge in [-0.2, -0.15) is 0 Å². The maximum absolute atomic E-state index is 10.5. The molecule has 0 saturated carbocycles. The second-order valence-electron chi connectivity index (χ2n) is 7.81. The second-order valence-corrected chi connectivity index (χ2v) is 10.3. The molecule has 4 nitrogen and oxygen atoms in total. The molecule has 1 fully saturated rings. The van der Waals surface area contributed by atoms with Crippen molar-refractivity contribution in [1.82, 2.24) is 9.62 Å². The molecule has 1 aromatic rings. The normalized spacial score (nSPS) is 18.2. The van der Waals surface area contributed by atoms with Gasteiger partial charge in [-0.15, -0.1) is 0 Å². The average Bonchev–Trinajstić information content (AvgIpc) is 2.57. The number of methoxy groups -OCH3 is 1. The summed E-state index contributed by atoms with van der Waals surface area (Å²) >= 11 is 14.0. The van der Waals surface area contributed by atoms with E-state index in [9.17, 15) is 5.11 Å². The molecule has 0 aromatic heterocycles. The van der Waals surface area contributed by atoms with Crippen LogP contribution in [0.25, 0.3) is 0 Å². The maximum atomic E-state index is 10.5. The van der Waals surface area contributed by atoms with E-state index in [-0.39, 0.29) is 16.5 Å². The van der Waals surface area contributed by atoms with Crippen molar-refractivity contribution in [2.45, 2.75) is 44.4 Å². The zero-order valence-corrected chi connectivity index (χ0v) is 18.3. The third-order valence-electron chi connectivity index (χ3n) is 4.61. The lowest BCUT2D eigenvalue weighted by Crippen LogP contribution is -2.39.